The number of aromatic nitrogens is 1. The topological polar surface area (TPSA) is 68.5 Å². The van der Waals surface area contributed by atoms with Gasteiger partial charge in [-0.15, -0.1) is 0 Å². The lowest BCUT2D eigenvalue weighted by Gasteiger charge is -2.13. The van der Waals surface area contributed by atoms with Gasteiger partial charge in [0.15, 0.2) is 11.6 Å². The van der Waals surface area contributed by atoms with E-state index in [9.17, 15) is 23.5 Å². The largest absolute Gasteiger partial charge is 0.505 e. The van der Waals surface area contributed by atoms with E-state index in [-0.39, 0.29) is 17.7 Å². The summed E-state index contributed by atoms with van der Waals surface area (Å²) in [5, 5.41) is 10.3. The Balaban J connectivity index is 2.17. The number of aromatic hydroxyl groups is 1. The zero-order valence-corrected chi connectivity index (χ0v) is 17.0. The highest BCUT2D eigenvalue weighted by atomic mass is 19.1. The van der Waals surface area contributed by atoms with Crippen LogP contribution in [0, 0.1) is 18.6 Å². The first-order valence-corrected chi connectivity index (χ1v) is 9.76. The molecule has 0 radical (unpaired) electrons. The van der Waals surface area contributed by atoms with Crippen molar-refractivity contribution < 1.29 is 28.2 Å². The van der Waals surface area contributed by atoms with E-state index in [0.717, 1.165) is 25.0 Å². The Morgan fingerprint density at radius 1 is 1.20 bits per heavy atom. The highest BCUT2D eigenvalue weighted by Crippen LogP contribution is 2.36. The summed E-state index contributed by atoms with van der Waals surface area (Å²) in [5.74, 6) is -3.88. The number of esters is 1. The summed E-state index contributed by atoms with van der Waals surface area (Å²) in [6.45, 7) is 5.51. The fourth-order valence-corrected chi connectivity index (χ4v) is 3.57. The number of phenolic OH excluding ortho intramolecular Hbond substituents is 1. The summed E-state index contributed by atoms with van der Waals surface area (Å²) >= 11 is 0. The van der Waals surface area contributed by atoms with Gasteiger partial charge in [0.2, 0.25) is 0 Å². The van der Waals surface area contributed by atoms with E-state index in [0.29, 0.717) is 16.6 Å². The van der Waals surface area contributed by atoms with Crippen LogP contribution in [0.5, 0.6) is 5.75 Å². The van der Waals surface area contributed by atoms with Crippen molar-refractivity contribution in [2.75, 3.05) is 6.61 Å². The number of halogens is 2. The van der Waals surface area contributed by atoms with E-state index in [1.54, 1.807) is 13.8 Å². The number of carbonyl (C=O) groups excluding carboxylic acids is 2. The van der Waals surface area contributed by atoms with E-state index < -0.39 is 35.2 Å². The Morgan fingerprint density at radius 2 is 1.93 bits per heavy atom. The zero-order valence-electron chi connectivity index (χ0n) is 17.0. The highest BCUT2D eigenvalue weighted by molar-refractivity contribution is 6.05. The normalized spacial score (nSPS) is 12.2. The van der Waals surface area contributed by atoms with Crippen LogP contribution in [-0.4, -0.2) is 28.2 Å². The molecule has 3 rings (SSSR count). The summed E-state index contributed by atoms with van der Waals surface area (Å²) in [5.41, 5.74) is 1.10. The van der Waals surface area contributed by atoms with E-state index >= 15 is 0 Å². The van der Waals surface area contributed by atoms with Gasteiger partial charge in [-0.05, 0) is 50.1 Å². The molecule has 0 aliphatic heterocycles. The maximum Gasteiger partial charge on any atom is 0.313 e. The minimum atomic E-state index is -0.905. The molecule has 0 bridgehead atoms. The quantitative estimate of drug-likeness (QED) is 0.451. The number of benzene rings is 2. The fraction of sp³-hybridized carbons (Fsp3) is 0.304. The van der Waals surface area contributed by atoms with Gasteiger partial charge in [0, 0.05) is 22.7 Å². The standard InChI is InChI=1S/C23H23F2NO4/c1-4-5-9-30-23(29)13(2)21-14(3)26(19-12-18(25)20(27)11-17(19)21)22(28)15-7-6-8-16(24)10-15/h6-8,10-13,27H,4-5,9H2,1-3H3. The number of unbranched alkanes of at least 4 members (excludes halogenated alkanes) is 1. The van der Waals surface area contributed by atoms with Crippen molar-refractivity contribution in [2.24, 2.45) is 0 Å². The average Bonchev–Trinajstić information content (AvgIpc) is 2.98. The third-order valence-electron chi connectivity index (χ3n) is 5.12. The second kappa shape index (κ2) is 8.65. The third kappa shape index (κ3) is 3.92. The first kappa shape index (κ1) is 21.5. The first-order valence-electron chi connectivity index (χ1n) is 9.76. The molecule has 2 aromatic carbocycles. The van der Waals surface area contributed by atoms with Crippen LogP contribution in [0.1, 0.15) is 54.2 Å². The first-order chi connectivity index (χ1) is 14.3. The molecule has 0 aliphatic carbocycles. The third-order valence-corrected chi connectivity index (χ3v) is 5.12. The minimum Gasteiger partial charge on any atom is -0.505 e. The molecule has 158 valence electrons. The number of phenols is 1. The van der Waals surface area contributed by atoms with Crippen LogP contribution in [0.2, 0.25) is 0 Å². The Bertz CT molecular complexity index is 1120. The molecule has 0 spiro atoms. The summed E-state index contributed by atoms with van der Waals surface area (Å²) in [6, 6.07) is 7.40. The molecule has 0 aliphatic rings. The van der Waals surface area contributed by atoms with Crippen LogP contribution >= 0.6 is 0 Å². The number of ether oxygens (including phenoxy) is 1. The number of carbonyl (C=O) groups is 2. The minimum absolute atomic E-state index is 0.0770. The van der Waals surface area contributed by atoms with Crippen molar-refractivity contribution in [2.45, 2.75) is 39.5 Å². The van der Waals surface area contributed by atoms with Gasteiger partial charge in [0.1, 0.15) is 5.82 Å². The Hall–Kier alpha value is -3.22. The van der Waals surface area contributed by atoms with Gasteiger partial charge in [-0.1, -0.05) is 19.4 Å². The van der Waals surface area contributed by atoms with E-state index in [2.05, 4.69) is 0 Å². The van der Waals surface area contributed by atoms with E-state index in [1.807, 2.05) is 6.92 Å². The van der Waals surface area contributed by atoms with Crippen molar-refractivity contribution >= 4 is 22.8 Å². The van der Waals surface area contributed by atoms with Crippen LogP contribution in [0.3, 0.4) is 0 Å². The second-order valence-corrected chi connectivity index (χ2v) is 7.21. The molecule has 0 fully saturated rings. The molecular weight excluding hydrogens is 392 g/mol. The molecule has 1 N–H and O–H groups in total. The SMILES string of the molecule is CCCCOC(=O)C(C)c1c(C)n(C(=O)c2cccc(F)c2)c2cc(F)c(O)cc12. The van der Waals surface area contributed by atoms with Crippen LogP contribution < -0.4 is 0 Å². The molecule has 0 saturated heterocycles. The predicted molar refractivity (Wildman–Crippen MR) is 109 cm³/mol. The molecule has 30 heavy (non-hydrogen) atoms. The lowest BCUT2D eigenvalue weighted by Crippen LogP contribution is -2.17. The number of rotatable bonds is 6. The van der Waals surface area contributed by atoms with Crippen LogP contribution in [0.25, 0.3) is 10.9 Å². The number of fused-ring (bicyclic) bond motifs is 1. The molecule has 1 heterocycles. The molecule has 3 aromatic rings. The van der Waals surface area contributed by atoms with Crippen LogP contribution in [0.15, 0.2) is 36.4 Å². The number of hydrogen-bond donors (Lipinski definition) is 1. The molecular formula is C23H23F2NO4. The molecule has 0 amide bonds. The van der Waals surface area contributed by atoms with Gasteiger partial charge in [-0.25, -0.2) is 8.78 Å². The fourth-order valence-electron chi connectivity index (χ4n) is 3.57. The lowest BCUT2D eigenvalue weighted by molar-refractivity contribution is -0.145. The van der Waals surface area contributed by atoms with E-state index in [4.69, 9.17) is 4.74 Å². The maximum atomic E-state index is 14.1. The zero-order chi connectivity index (χ0) is 22.0. The van der Waals surface area contributed by atoms with Gasteiger partial charge >= 0.3 is 5.97 Å². The smallest absolute Gasteiger partial charge is 0.313 e. The summed E-state index contributed by atoms with van der Waals surface area (Å²) in [4.78, 5) is 25.7. The molecule has 1 aromatic heterocycles. The van der Waals surface area contributed by atoms with Gasteiger partial charge in [-0.2, -0.15) is 0 Å². The molecule has 1 unspecified atom stereocenters. The average molecular weight is 415 g/mol. The maximum absolute atomic E-state index is 14.1. The molecule has 5 nitrogen and oxygen atoms in total. The monoisotopic (exact) mass is 415 g/mol. The van der Waals surface area contributed by atoms with Crippen molar-refractivity contribution in [1.82, 2.24) is 4.57 Å². The van der Waals surface area contributed by atoms with Crippen LogP contribution in [-0.2, 0) is 9.53 Å². The van der Waals surface area contributed by atoms with Gasteiger partial charge < -0.3 is 9.84 Å². The number of nitrogens with zero attached hydrogens (tertiary/aromatic N) is 1. The summed E-state index contributed by atoms with van der Waals surface area (Å²) in [7, 11) is 0. The molecule has 0 saturated carbocycles. The summed E-state index contributed by atoms with van der Waals surface area (Å²) in [6.07, 6.45) is 1.60. The Kier molecular flexibility index (Phi) is 6.20. The summed E-state index contributed by atoms with van der Waals surface area (Å²) < 4.78 is 34.3. The molecule has 7 heteroatoms. The lowest BCUT2D eigenvalue weighted by atomic mass is 9.98. The predicted octanol–water partition coefficient (Wildman–Crippen LogP) is 5.07. The van der Waals surface area contributed by atoms with Crippen molar-refractivity contribution in [1.29, 1.82) is 0 Å². The van der Waals surface area contributed by atoms with Crippen molar-refractivity contribution in [3.05, 3.63) is 64.9 Å². The van der Waals surface area contributed by atoms with Gasteiger partial charge in [0.05, 0.1) is 18.0 Å². The van der Waals surface area contributed by atoms with Gasteiger partial charge in [-0.3, -0.25) is 14.2 Å². The Labute approximate surface area is 172 Å². The van der Waals surface area contributed by atoms with Gasteiger partial charge in [0.25, 0.3) is 5.91 Å². The number of hydrogen-bond acceptors (Lipinski definition) is 4. The Morgan fingerprint density at radius 3 is 2.60 bits per heavy atom. The van der Waals surface area contributed by atoms with Crippen molar-refractivity contribution in [3.63, 3.8) is 0 Å². The van der Waals surface area contributed by atoms with Crippen molar-refractivity contribution in [3.8, 4) is 5.75 Å². The van der Waals surface area contributed by atoms with Crippen LogP contribution in [0.4, 0.5) is 8.78 Å². The molecule has 1 atom stereocenters. The highest BCUT2D eigenvalue weighted by Gasteiger charge is 2.28. The second-order valence-electron chi connectivity index (χ2n) is 7.21. The van der Waals surface area contributed by atoms with E-state index in [1.165, 1.54) is 28.8 Å².